The zero-order valence-corrected chi connectivity index (χ0v) is 8.84. The van der Waals surface area contributed by atoms with Crippen LogP contribution < -0.4 is 5.32 Å². The minimum atomic E-state index is -0.351. The number of hydrogen-bond acceptors (Lipinski definition) is 3. The Bertz CT molecular complexity index is 207. The highest BCUT2D eigenvalue weighted by atomic mass is 16.5. The van der Waals surface area contributed by atoms with E-state index < -0.39 is 0 Å². The lowest BCUT2D eigenvalue weighted by Gasteiger charge is -2.34. The van der Waals surface area contributed by atoms with Crippen molar-refractivity contribution in [2.24, 2.45) is 5.41 Å². The number of carbonyl (C=O) groups excluding carboxylic acids is 1. The third-order valence-electron chi connectivity index (χ3n) is 2.72. The topological polar surface area (TPSA) is 38.3 Å². The molecule has 3 heteroatoms. The van der Waals surface area contributed by atoms with Crippen LogP contribution in [0.4, 0.5) is 0 Å². The summed E-state index contributed by atoms with van der Waals surface area (Å²) in [5, 5.41) is 3.25. The Morgan fingerprint density at radius 3 is 3.00 bits per heavy atom. The maximum atomic E-state index is 11.8. The van der Waals surface area contributed by atoms with Gasteiger partial charge >= 0.3 is 5.97 Å². The Hall–Kier alpha value is -0.830. The van der Waals surface area contributed by atoms with Gasteiger partial charge in [0, 0.05) is 6.54 Å². The zero-order valence-electron chi connectivity index (χ0n) is 8.84. The van der Waals surface area contributed by atoms with E-state index in [9.17, 15) is 4.79 Å². The van der Waals surface area contributed by atoms with E-state index in [1.54, 1.807) is 0 Å². The maximum absolute atomic E-state index is 11.8. The minimum absolute atomic E-state index is 0.0768. The quantitative estimate of drug-likeness (QED) is 0.548. The molecule has 0 bridgehead atoms. The van der Waals surface area contributed by atoms with Crippen LogP contribution in [0.3, 0.4) is 0 Å². The number of esters is 1. The monoisotopic (exact) mass is 197 g/mol. The van der Waals surface area contributed by atoms with Crippen LogP contribution in [-0.2, 0) is 9.53 Å². The van der Waals surface area contributed by atoms with Gasteiger partial charge in [-0.15, -0.1) is 6.58 Å². The second kappa shape index (κ2) is 5.15. The predicted molar refractivity (Wildman–Crippen MR) is 56.0 cm³/mol. The van der Waals surface area contributed by atoms with E-state index in [1.165, 1.54) is 0 Å². The first-order valence-electron chi connectivity index (χ1n) is 5.24. The number of hydrogen-bond donors (Lipinski definition) is 1. The van der Waals surface area contributed by atoms with Gasteiger partial charge in [-0.3, -0.25) is 4.79 Å². The number of nitrogens with one attached hydrogen (secondary N) is 1. The van der Waals surface area contributed by atoms with Crippen molar-refractivity contribution in [3.63, 3.8) is 0 Å². The average Bonchev–Trinajstić information content (AvgIpc) is 2.20. The standard InChI is InChI=1S/C11H19NO2/c1-3-6-11(10(13)14-4-2)7-5-8-12-9-11/h3,12H,1,4-9H2,2H3/t11-/m0/s1. The molecule has 1 N–H and O–H groups in total. The lowest BCUT2D eigenvalue weighted by atomic mass is 9.78. The van der Waals surface area contributed by atoms with Gasteiger partial charge in [0.1, 0.15) is 0 Å². The van der Waals surface area contributed by atoms with Gasteiger partial charge in [0.2, 0.25) is 0 Å². The molecular weight excluding hydrogens is 178 g/mol. The molecule has 80 valence electrons. The Morgan fingerprint density at radius 2 is 2.50 bits per heavy atom. The first-order chi connectivity index (χ1) is 6.75. The van der Waals surface area contributed by atoms with Crippen molar-refractivity contribution in [1.29, 1.82) is 0 Å². The van der Waals surface area contributed by atoms with E-state index in [0.29, 0.717) is 13.0 Å². The molecule has 0 radical (unpaired) electrons. The summed E-state index contributed by atoms with van der Waals surface area (Å²) in [6.07, 6.45) is 4.46. The predicted octanol–water partition coefficient (Wildman–Crippen LogP) is 1.50. The fourth-order valence-corrected chi connectivity index (χ4v) is 1.96. The molecule has 0 saturated carbocycles. The molecule has 1 saturated heterocycles. The number of piperidine rings is 1. The van der Waals surface area contributed by atoms with Crippen LogP contribution in [-0.4, -0.2) is 25.7 Å². The summed E-state index contributed by atoms with van der Waals surface area (Å²) in [6, 6.07) is 0. The molecule has 0 spiro atoms. The van der Waals surface area contributed by atoms with E-state index in [0.717, 1.165) is 25.9 Å². The molecule has 3 nitrogen and oxygen atoms in total. The molecule has 0 aromatic heterocycles. The Balaban J connectivity index is 2.68. The summed E-state index contributed by atoms with van der Waals surface area (Å²) in [6.45, 7) is 7.72. The van der Waals surface area contributed by atoms with Crippen molar-refractivity contribution >= 4 is 5.97 Å². The average molecular weight is 197 g/mol. The molecule has 0 unspecified atom stereocenters. The van der Waals surface area contributed by atoms with Crippen molar-refractivity contribution in [2.75, 3.05) is 19.7 Å². The first kappa shape index (κ1) is 11.2. The SMILES string of the molecule is C=CC[C@]1(C(=O)OCC)CCCNC1. The molecule has 0 aliphatic carbocycles. The zero-order chi connectivity index (χ0) is 10.4. The molecule has 14 heavy (non-hydrogen) atoms. The van der Waals surface area contributed by atoms with Gasteiger partial charge in [-0.05, 0) is 32.7 Å². The summed E-state index contributed by atoms with van der Waals surface area (Å²) in [7, 11) is 0. The highest BCUT2D eigenvalue weighted by Crippen LogP contribution is 2.32. The summed E-state index contributed by atoms with van der Waals surface area (Å²) in [5.74, 6) is -0.0768. The summed E-state index contributed by atoms with van der Waals surface area (Å²) in [4.78, 5) is 11.8. The number of carbonyl (C=O) groups is 1. The number of allylic oxidation sites excluding steroid dienone is 1. The molecule has 0 aromatic rings. The molecule has 1 aliphatic heterocycles. The number of rotatable bonds is 4. The molecule has 1 fully saturated rings. The van der Waals surface area contributed by atoms with Crippen molar-refractivity contribution in [3.8, 4) is 0 Å². The van der Waals surface area contributed by atoms with Gasteiger partial charge in [0.25, 0.3) is 0 Å². The van der Waals surface area contributed by atoms with Crippen LogP contribution in [0.5, 0.6) is 0 Å². The van der Waals surface area contributed by atoms with Crippen LogP contribution in [0.15, 0.2) is 12.7 Å². The van der Waals surface area contributed by atoms with Crippen molar-refractivity contribution in [2.45, 2.75) is 26.2 Å². The Labute approximate surface area is 85.5 Å². The summed E-state index contributed by atoms with van der Waals surface area (Å²) in [5.41, 5.74) is -0.351. The van der Waals surface area contributed by atoms with Gasteiger partial charge in [-0.2, -0.15) is 0 Å². The molecule has 0 aromatic carbocycles. The fraction of sp³-hybridized carbons (Fsp3) is 0.727. The largest absolute Gasteiger partial charge is 0.466 e. The van der Waals surface area contributed by atoms with E-state index in [2.05, 4.69) is 11.9 Å². The summed E-state index contributed by atoms with van der Waals surface area (Å²) >= 11 is 0. The van der Waals surface area contributed by atoms with E-state index in [-0.39, 0.29) is 11.4 Å². The van der Waals surface area contributed by atoms with Gasteiger partial charge in [-0.1, -0.05) is 6.08 Å². The van der Waals surface area contributed by atoms with Gasteiger partial charge in [-0.25, -0.2) is 0 Å². The lowest BCUT2D eigenvalue weighted by molar-refractivity contribution is -0.156. The van der Waals surface area contributed by atoms with Gasteiger partial charge < -0.3 is 10.1 Å². The second-order valence-corrected chi connectivity index (χ2v) is 3.77. The van der Waals surface area contributed by atoms with Crippen LogP contribution in [0.25, 0.3) is 0 Å². The highest BCUT2D eigenvalue weighted by Gasteiger charge is 2.39. The molecule has 0 amide bonds. The molecule has 1 aliphatic rings. The second-order valence-electron chi connectivity index (χ2n) is 3.77. The van der Waals surface area contributed by atoms with E-state index in [4.69, 9.17) is 4.74 Å². The highest BCUT2D eigenvalue weighted by molar-refractivity contribution is 5.77. The molecule has 1 rings (SSSR count). The summed E-state index contributed by atoms with van der Waals surface area (Å²) < 4.78 is 5.11. The van der Waals surface area contributed by atoms with Crippen LogP contribution in [0, 0.1) is 5.41 Å². The minimum Gasteiger partial charge on any atom is -0.466 e. The lowest BCUT2D eigenvalue weighted by Crippen LogP contribution is -2.46. The van der Waals surface area contributed by atoms with Crippen molar-refractivity contribution in [3.05, 3.63) is 12.7 Å². The maximum Gasteiger partial charge on any atom is 0.313 e. The van der Waals surface area contributed by atoms with Gasteiger partial charge in [0.15, 0.2) is 0 Å². The fourth-order valence-electron chi connectivity index (χ4n) is 1.96. The van der Waals surface area contributed by atoms with Crippen LogP contribution in [0.1, 0.15) is 26.2 Å². The van der Waals surface area contributed by atoms with Crippen molar-refractivity contribution in [1.82, 2.24) is 5.32 Å². The Kier molecular flexibility index (Phi) is 4.14. The van der Waals surface area contributed by atoms with Crippen LogP contribution in [0.2, 0.25) is 0 Å². The Morgan fingerprint density at radius 1 is 1.71 bits per heavy atom. The number of ether oxygens (including phenoxy) is 1. The smallest absolute Gasteiger partial charge is 0.313 e. The third-order valence-corrected chi connectivity index (χ3v) is 2.72. The molecular formula is C11H19NO2. The van der Waals surface area contributed by atoms with E-state index >= 15 is 0 Å². The normalized spacial score (nSPS) is 26.9. The third kappa shape index (κ3) is 2.35. The molecule has 1 heterocycles. The first-order valence-corrected chi connectivity index (χ1v) is 5.24. The van der Waals surface area contributed by atoms with Crippen molar-refractivity contribution < 1.29 is 9.53 Å². The van der Waals surface area contributed by atoms with Gasteiger partial charge in [0.05, 0.1) is 12.0 Å². The van der Waals surface area contributed by atoms with E-state index in [1.807, 2.05) is 13.0 Å². The molecule has 1 atom stereocenters. The van der Waals surface area contributed by atoms with Crippen LogP contribution >= 0.6 is 0 Å².